The van der Waals surface area contributed by atoms with Crippen molar-refractivity contribution >= 4 is 38.9 Å². The van der Waals surface area contributed by atoms with Crippen molar-refractivity contribution in [2.24, 2.45) is 0 Å². The molecule has 0 aliphatic carbocycles. The van der Waals surface area contributed by atoms with Crippen LogP contribution in [-0.4, -0.2) is 72.3 Å². The van der Waals surface area contributed by atoms with Gasteiger partial charge < -0.3 is 10.0 Å². The molecule has 12 heteroatoms. The van der Waals surface area contributed by atoms with Gasteiger partial charge in [-0.15, -0.1) is 11.3 Å². The van der Waals surface area contributed by atoms with E-state index in [1.165, 1.54) is 6.07 Å². The first-order valence-electron chi connectivity index (χ1n) is 9.12. The van der Waals surface area contributed by atoms with Crippen LogP contribution in [0.15, 0.2) is 6.07 Å². The molecule has 0 saturated carbocycles. The van der Waals surface area contributed by atoms with Gasteiger partial charge in [0.25, 0.3) is 0 Å². The third kappa shape index (κ3) is 6.81. The minimum Gasteiger partial charge on any atom is -0.477 e. The van der Waals surface area contributed by atoms with E-state index in [0.717, 1.165) is 11.3 Å². The molecule has 29 heavy (non-hydrogen) atoms. The van der Waals surface area contributed by atoms with E-state index in [2.05, 4.69) is 4.90 Å². The second kappa shape index (κ2) is 9.51. The van der Waals surface area contributed by atoms with Gasteiger partial charge in [-0.1, -0.05) is 11.6 Å². The van der Waals surface area contributed by atoms with Gasteiger partial charge in [-0.3, -0.25) is 0 Å². The molecule has 1 aliphatic heterocycles. The lowest BCUT2D eigenvalue weighted by Crippen LogP contribution is -2.52. The molecule has 1 N–H and O–H groups in total. The highest BCUT2D eigenvalue weighted by Gasteiger charge is 2.41. The molecular weight excluding hydrogens is 453 g/mol. The van der Waals surface area contributed by atoms with E-state index in [1.54, 1.807) is 0 Å². The van der Waals surface area contributed by atoms with Crippen LogP contribution in [0.5, 0.6) is 0 Å². The number of aryl methyl sites for hydroxylation is 1. The number of alkyl halides is 3. The number of carboxylic acids is 1. The number of nitrogens with zero attached hydrogens (tertiary/aromatic N) is 2. The summed E-state index contributed by atoms with van der Waals surface area (Å²) in [5, 5.41) is 9.18. The van der Waals surface area contributed by atoms with Crippen molar-refractivity contribution in [2.45, 2.75) is 51.4 Å². The van der Waals surface area contributed by atoms with Gasteiger partial charge in [0.1, 0.15) is 11.4 Å². The number of rotatable bonds is 8. The number of halogens is 4. The van der Waals surface area contributed by atoms with Crippen LogP contribution in [0.25, 0.3) is 0 Å². The van der Waals surface area contributed by atoms with Crippen molar-refractivity contribution in [1.29, 1.82) is 0 Å². The molecule has 1 aromatic rings. The maximum atomic E-state index is 13.1. The lowest BCUT2D eigenvalue weighted by atomic mass is 10.0. The van der Waals surface area contributed by atoms with Gasteiger partial charge in [-0.25, -0.2) is 13.2 Å². The zero-order valence-corrected chi connectivity index (χ0v) is 18.5. The van der Waals surface area contributed by atoms with E-state index < -0.39 is 40.5 Å². The molecule has 0 aromatic carbocycles. The number of hydrogen-bond acceptors (Lipinski definition) is 5. The SMILES string of the molecule is CC(C)N1CCC(N(CC(F)(F)F)S(=O)(=O)CCc2cc(Cl)sc2C(=O)O)CC1. The van der Waals surface area contributed by atoms with Crippen LogP contribution in [0.3, 0.4) is 0 Å². The summed E-state index contributed by atoms with van der Waals surface area (Å²) >= 11 is 6.61. The summed E-state index contributed by atoms with van der Waals surface area (Å²) in [5.74, 6) is -1.86. The monoisotopic (exact) mass is 476 g/mol. The van der Waals surface area contributed by atoms with Crippen molar-refractivity contribution in [3.05, 3.63) is 20.8 Å². The summed E-state index contributed by atoms with van der Waals surface area (Å²) in [6.45, 7) is 3.47. The van der Waals surface area contributed by atoms with Crippen LogP contribution in [-0.2, 0) is 16.4 Å². The zero-order chi connectivity index (χ0) is 22.0. The molecule has 0 spiro atoms. The molecule has 1 fully saturated rings. The number of hydrogen-bond donors (Lipinski definition) is 1. The molecule has 1 saturated heterocycles. The van der Waals surface area contributed by atoms with Gasteiger partial charge in [0, 0.05) is 12.1 Å². The van der Waals surface area contributed by atoms with Crippen LogP contribution in [0.2, 0.25) is 4.34 Å². The molecule has 0 bridgehead atoms. The Morgan fingerprint density at radius 3 is 2.45 bits per heavy atom. The summed E-state index contributed by atoms with van der Waals surface area (Å²) in [5.41, 5.74) is 0.206. The van der Waals surface area contributed by atoms with Crippen LogP contribution in [0.1, 0.15) is 41.9 Å². The molecule has 0 atom stereocenters. The number of sulfonamides is 1. The molecule has 1 aromatic heterocycles. The summed E-state index contributed by atoms with van der Waals surface area (Å²) in [7, 11) is -4.26. The minimum atomic E-state index is -4.67. The molecule has 6 nitrogen and oxygen atoms in total. The summed E-state index contributed by atoms with van der Waals surface area (Å²) in [4.78, 5) is 13.3. The standard InChI is InChI=1S/C17H24ClF3N2O4S2/c1-11(2)22-6-3-13(4-7-22)23(10-17(19,20)21)29(26,27)8-5-12-9-14(18)28-15(12)16(24)25/h9,11,13H,3-8,10H2,1-2H3,(H,24,25). The van der Waals surface area contributed by atoms with Crippen molar-refractivity contribution in [1.82, 2.24) is 9.21 Å². The second-order valence-electron chi connectivity index (χ2n) is 7.30. The van der Waals surface area contributed by atoms with E-state index >= 15 is 0 Å². The summed E-state index contributed by atoms with van der Waals surface area (Å²) in [6, 6.07) is 0.850. The first-order valence-corrected chi connectivity index (χ1v) is 11.9. The molecule has 2 heterocycles. The van der Waals surface area contributed by atoms with Crippen LogP contribution in [0, 0.1) is 0 Å². The van der Waals surface area contributed by atoms with Gasteiger partial charge >= 0.3 is 12.1 Å². The molecule has 166 valence electrons. The Morgan fingerprint density at radius 2 is 1.97 bits per heavy atom. The summed E-state index contributed by atoms with van der Waals surface area (Å²) in [6.07, 6.45) is -4.25. The minimum absolute atomic E-state index is 0.0992. The average Bonchev–Trinajstić information content (AvgIpc) is 2.98. The van der Waals surface area contributed by atoms with Gasteiger partial charge in [0.2, 0.25) is 10.0 Å². The fourth-order valence-corrected chi connectivity index (χ4v) is 6.30. The summed E-state index contributed by atoms with van der Waals surface area (Å²) < 4.78 is 65.7. The lowest BCUT2D eigenvalue weighted by Gasteiger charge is -2.39. The van der Waals surface area contributed by atoms with Gasteiger partial charge in [-0.2, -0.15) is 17.5 Å². The van der Waals surface area contributed by atoms with E-state index in [1.807, 2.05) is 13.8 Å². The molecule has 0 radical (unpaired) electrons. The predicted molar refractivity (Wildman–Crippen MR) is 106 cm³/mol. The topological polar surface area (TPSA) is 77.9 Å². The third-order valence-electron chi connectivity index (χ3n) is 4.93. The maximum Gasteiger partial charge on any atom is 0.402 e. The van der Waals surface area contributed by atoms with Gasteiger partial charge in [0.05, 0.1) is 10.1 Å². The fraction of sp³-hybridized carbons (Fsp3) is 0.706. The van der Waals surface area contributed by atoms with Crippen LogP contribution < -0.4 is 0 Å². The van der Waals surface area contributed by atoms with Crippen LogP contribution in [0.4, 0.5) is 13.2 Å². The van der Waals surface area contributed by atoms with Crippen molar-refractivity contribution in [3.63, 3.8) is 0 Å². The lowest BCUT2D eigenvalue weighted by molar-refractivity contribution is -0.140. The van der Waals surface area contributed by atoms with E-state index in [-0.39, 0.29) is 27.2 Å². The largest absolute Gasteiger partial charge is 0.477 e. The number of aromatic carboxylic acids is 1. The normalized spacial score (nSPS) is 17.4. The molecule has 1 aliphatic rings. The van der Waals surface area contributed by atoms with E-state index in [9.17, 15) is 31.5 Å². The highest BCUT2D eigenvalue weighted by Crippen LogP contribution is 2.30. The highest BCUT2D eigenvalue weighted by atomic mass is 35.5. The molecule has 0 unspecified atom stereocenters. The number of likely N-dealkylation sites (tertiary alicyclic amines) is 1. The Morgan fingerprint density at radius 1 is 1.38 bits per heavy atom. The molecule has 2 rings (SSSR count). The van der Waals surface area contributed by atoms with E-state index in [4.69, 9.17) is 11.6 Å². The second-order valence-corrected chi connectivity index (χ2v) is 11.0. The first kappa shape index (κ1) is 24.4. The third-order valence-corrected chi connectivity index (χ3v) is 8.09. The highest BCUT2D eigenvalue weighted by molar-refractivity contribution is 7.89. The number of carboxylic acid groups (broad SMARTS) is 1. The predicted octanol–water partition coefficient (Wildman–Crippen LogP) is 3.71. The van der Waals surface area contributed by atoms with E-state index in [0.29, 0.717) is 30.2 Å². The zero-order valence-electron chi connectivity index (χ0n) is 16.1. The fourth-order valence-electron chi connectivity index (χ4n) is 3.44. The Labute approximate surface area is 177 Å². The van der Waals surface area contributed by atoms with Crippen molar-refractivity contribution in [3.8, 4) is 0 Å². The van der Waals surface area contributed by atoms with Crippen molar-refractivity contribution in [2.75, 3.05) is 25.4 Å². The first-order chi connectivity index (χ1) is 13.3. The molecule has 0 amide bonds. The number of thiophene rings is 1. The number of piperidine rings is 1. The Kier molecular flexibility index (Phi) is 7.99. The van der Waals surface area contributed by atoms with Gasteiger partial charge in [-0.05, 0) is 57.8 Å². The Hall–Kier alpha value is -0.880. The maximum absolute atomic E-state index is 13.1. The smallest absolute Gasteiger partial charge is 0.402 e. The van der Waals surface area contributed by atoms with Crippen molar-refractivity contribution < 1.29 is 31.5 Å². The molecular formula is C17H24ClF3N2O4S2. The Balaban J connectivity index is 2.18. The average molecular weight is 477 g/mol. The Bertz CT molecular complexity index is 819. The van der Waals surface area contributed by atoms with Gasteiger partial charge in [0.15, 0.2) is 0 Å². The van der Waals surface area contributed by atoms with Crippen LogP contribution >= 0.6 is 22.9 Å². The number of carbonyl (C=O) groups is 1. The quantitative estimate of drug-likeness (QED) is 0.619.